The fourth-order valence-electron chi connectivity index (χ4n) is 4.97. The van der Waals surface area contributed by atoms with Gasteiger partial charge < -0.3 is 9.47 Å². The lowest BCUT2D eigenvalue weighted by atomic mass is 9.52. The molecule has 6 heteroatoms. The predicted octanol–water partition coefficient (Wildman–Crippen LogP) is 3.59. The highest BCUT2D eigenvalue weighted by Crippen LogP contribution is 2.68. The summed E-state index contributed by atoms with van der Waals surface area (Å²) < 4.78 is 12.3. The largest absolute Gasteiger partial charge is 0.447 e. The number of nitrogens with zero attached hydrogens (tertiary/aromatic N) is 3. The fourth-order valence-corrected chi connectivity index (χ4v) is 4.97. The number of nitrogens with one attached hydrogen (secondary N) is 1. The maximum absolute atomic E-state index is 10.2. The maximum atomic E-state index is 10.2. The van der Waals surface area contributed by atoms with Gasteiger partial charge in [0.05, 0.1) is 24.1 Å². The van der Waals surface area contributed by atoms with Crippen LogP contribution in [0.5, 0.6) is 0 Å². The molecule has 4 rings (SSSR count). The van der Waals surface area contributed by atoms with Gasteiger partial charge in [0.1, 0.15) is 6.10 Å². The Morgan fingerprint density at radius 2 is 1.73 bits per heavy atom. The lowest BCUT2D eigenvalue weighted by molar-refractivity contribution is -0.284. The second-order valence-corrected chi connectivity index (χ2v) is 7.25. The van der Waals surface area contributed by atoms with Crippen LogP contribution in [0.2, 0.25) is 0 Å². The second kappa shape index (κ2) is 5.56. The normalized spacial score (nSPS) is 37.2. The van der Waals surface area contributed by atoms with Gasteiger partial charge in [-0.15, -0.1) is 0 Å². The lowest BCUT2D eigenvalue weighted by Gasteiger charge is -2.49. The Kier molecular flexibility index (Phi) is 3.55. The molecule has 1 saturated carbocycles. The predicted molar refractivity (Wildman–Crippen MR) is 90.1 cm³/mol. The van der Waals surface area contributed by atoms with Crippen molar-refractivity contribution in [1.29, 1.82) is 21.2 Å². The zero-order valence-corrected chi connectivity index (χ0v) is 14.2. The van der Waals surface area contributed by atoms with Crippen LogP contribution in [-0.2, 0) is 9.47 Å². The van der Waals surface area contributed by atoms with Gasteiger partial charge in [-0.25, -0.2) is 0 Å². The van der Waals surface area contributed by atoms with E-state index in [0.717, 1.165) is 19.3 Å². The van der Waals surface area contributed by atoms with Crippen LogP contribution >= 0.6 is 0 Å². The number of hydrogen-bond acceptors (Lipinski definition) is 6. The van der Waals surface area contributed by atoms with Gasteiger partial charge in [-0.3, -0.25) is 5.41 Å². The molecule has 2 saturated heterocycles. The number of rotatable bonds is 1. The Morgan fingerprint density at radius 1 is 1.00 bits per heavy atom. The Bertz CT molecular complexity index is 864. The Labute approximate surface area is 152 Å². The summed E-state index contributed by atoms with van der Waals surface area (Å²) in [5.41, 5.74) is -2.81. The molecule has 1 aliphatic carbocycles. The highest BCUT2D eigenvalue weighted by molar-refractivity contribution is 5.89. The van der Waals surface area contributed by atoms with Crippen molar-refractivity contribution in [2.24, 2.45) is 16.7 Å². The Balaban J connectivity index is 2.01. The number of benzene rings is 1. The van der Waals surface area contributed by atoms with Crippen LogP contribution in [0.4, 0.5) is 0 Å². The molecule has 2 aliphatic heterocycles. The smallest absolute Gasteiger partial charge is 0.217 e. The van der Waals surface area contributed by atoms with E-state index in [0.29, 0.717) is 18.4 Å². The first kappa shape index (κ1) is 16.6. The standard InChI is InChI=1S/C20H18N4O2/c21-11-18(12-22)16(14-7-3-1-4-8-14)25-20-10-6-2-5-9-15(20)19(18,13-23)17(24)26-20/h1,3-4,7-8,15-16,24H,2,5-6,9-10H2/t15-,16-,19-,20+/m0/s1. The molecule has 0 amide bonds. The van der Waals surface area contributed by atoms with Crippen LogP contribution in [0.1, 0.15) is 43.8 Å². The molecule has 26 heavy (non-hydrogen) atoms. The van der Waals surface area contributed by atoms with E-state index in [1.165, 1.54) is 0 Å². The fraction of sp³-hybridized carbons (Fsp3) is 0.500. The van der Waals surface area contributed by atoms with Crippen LogP contribution in [0.25, 0.3) is 0 Å². The minimum atomic E-state index is -1.84. The molecule has 3 fully saturated rings. The molecule has 2 bridgehead atoms. The third-order valence-corrected chi connectivity index (χ3v) is 6.17. The van der Waals surface area contributed by atoms with Crippen molar-refractivity contribution in [3.05, 3.63) is 35.9 Å². The molecule has 130 valence electrons. The van der Waals surface area contributed by atoms with Gasteiger partial charge in [-0.1, -0.05) is 43.2 Å². The summed E-state index contributed by atoms with van der Waals surface area (Å²) >= 11 is 0. The van der Waals surface area contributed by atoms with Gasteiger partial charge in [-0.05, 0) is 18.4 Å². The van der Waals surface area contributed by atoms with Gasteiger partial charge in [-0.2, -0.15) is 15.8 Å². The highest BCUT2D eigenvalue weighted by Gasteiger charge is 2.80. The Morgan fingerprint density at radius 3 is 2.38 bits per heavy atom. The van der Waals surface area contributed by atoms with Gasteiger partial charge in [0.15, 0.2) is 5.41 Å². The number of nitriles is 3. The van der Waals surface area contributed by atoms with E-state index in [4.69, 9.17) is 14.9 Å². The average molecular weight is 346 g/mol. The summed E-state index contributed by atoms with van der Waals surface area (Å²) in [6, 6.07) is 15.4. The van der Waals surface area contributed by atoms with E-state index in [2.05, 4.69) is 18.2 Å². The summed E-state index contributed by atoms with van der Waals surface area (Å²) in [7, 11) is 0. The molecule has 0 aromatic heterocycles. The van der Waals surface area contributed by atoms with Crippen molar-refractivity contribution in [2.75, 3.05) is 0 Å². The zero-order chi connectivity index (χ0) is 18.4. The van der Waals surface area contributed by atoms with Crippen LogP contribution in [0.15, 0.2) is 30.3 Å². The van der Waals surface area contributed by atoms with Crippen LogP contribution < -0.4 is 0 Å². The van der Waals surface area contributed by atoms with E-state index in [-0.39, 0.29) is 5.90 Å². The molecule has 0 spiro atoms. The summed E-state index contributed by atoms with van der Waals surface area (Å²) in [6.45, 7) is 0. The highest BCUT2D eigenvalue weighted by atomic mass is 16.7. The van der Waals surface area contributed by atoms with E-state index < -0.39 is 28.6 Å². The zero-order valence-electron chi connectivity index (χ0n) is 14.2. The lowest BCUT2D eigenvalue weighted by Crippen LogP contribution is -2.59. The first-order valence-electron chi connectivity index (χ1n) is 8.85. The van der Waals surface area contributed by atoms with Gasteiger partial charge >= 0.3 is 0 Å². The van der Waals surface area contributed by atoms with Crippen molar-refractivity contribution < 1.29 is 9.47 Å². The second-order valence-electron chi connectivity index (χ2n) is 7.25. The molecule has 0 radical (unpaired) electrons. The van der Waals surface area contributed by atoms with E-state index in [1.807, 2.05) is 18.2 Å². The third kappa shape index (κ3) is 1.74. The van der Waals surface area contributed by atoms with Crippen molar-refractivity contribution >= 4 is 5.90 Å². The van der Waals surface area contributed by atoms with Crippen molar-refractivity contribution in [1.82, 2.24) is 0 Å². The average Bonchev–Trinajstić information content (AvgIpc) is 2.81. The number of ether oxygens (including phenoxy) is 2. The molecular formula is C20H18N4O2. The summed E-state index contributed by atoms with van der Waals surface area (Å²) in [6.07, 6.45) is 2.90. The molecule has 1 aromatic carbocycles. The van der Waals surface area contributed by atoms with E-state index >= 15 is 0 Å². The minimum Gasteiger partial charge on any atom is -0.447 e. The molecule has 6 nitrogen and oxygen atoms in total. The quantitative estimate of drug-likeness (QED) is 0.834. The van der Waals surface area contributed by atoms with Gasteiger partial charge in [0.25, 0.3) is 0 Å². The molecular weight excluding hydrogens is 328 g/mol. The molecule has 1 N–H and O–H groups in total. The van der Waals surface area contributed by atoms with Crippen molar-refractivity contribution in [3.8, 4) is 18.2 Å². The Hall–Kier alpha value is -2.88. The number of hydrogen-bond donors (Lipinski definition) is 1. The monoisotopic (exact) mass is 346 g/mol. The molecule has 1 aromatic rings. The van der Waals surface area contributed by atoms with Crippen molar-refractivity contribution in [2.45, 2.75) is 44.0 Å². The van der Waals surface area contributed by atoms with Crippen LogP contribution in [0.3, 0.4) is 0 Å². The maximum Gasteiger partial charge on any atom is 0.217 e. The topological polar surface area (TPSA) is 114 Å². The van der Waals surface area contributed by atoms with Crippen molar-refractivity contribution in [3.63, 3.8) is 0 Å². The molecule has 4 atom stereocenters. The first-order valence-corrected chi connectivity index (χ1v) is 8.85. The van der Waals surface area contributed by atoms with Gasteiger partial charge in [0.2, 0.25) is 17.1 Å². The van der Waals surface area contributed by atoms with E-state index in [1.54, 1.807) is 12.1 Å². The van der Waals surface area contributed by atoms with Crippen LogP contribution in [-0.4, -0.2) is 11.7 Å². The molecule has 3 aliphatic rings. The summed E-state index contributed by atoms with van der Waals surface area (Å²) in [5, 5.41) is 38.9. The SMILES string of the molecule is N#CC1(C#N)[C@H](c2ccccc2)O[C@@]23CCCCC[C@H]2[C@@]1(C#N)C(=N)O3. The first-order chi connectivity index (χ1) is 12.6. The van der Waals surface area contributed by atoms with Gasteiger partial charge in [0, 0.05) is 6.42 Å². The molecule has 0 unspecified atom stereocenters. The molecule has 2 heterocycles. The van der Waals surface area contributed by atoms with Crippen LogP contribution in [0, 0.1) is 56.2 Å². The minimum absolute atomic E-state index is 0.298. The van der Waals surface area contributed by atoms with E-state index in [9.17, 15) is 15.8 Å². The third-order valence-electron chi connectivity index (χ3n) is 6.17. The summed E-state index contributed by atoms with van der Waals surface area (Å²) in [4.78, 5) is 0. The summed E-state index contributed by atoms with van der Waals surface area (Å²) in [5.74, 6) is -1.90.